The van der Waals surface area contributed by atoms with Gasteiger partial charge in [0.15, 0.2) is 21.8 Å². The van der Waals surface area contributed by atoms with Crippen molar-refractivity contribution in [3.05, 3.63) is 35.9 Å². The Labute approximate surface area is 209 Å². The normalized spacial score (nSPS) is 16.6. The number of thiazole rings is 1. The fourth-order valence-corrected chi connectivity index (χ4v) is 5.67. The van der Waals surface area contributed by atoms with Crippen molar-refractivity contribution in [3.63, 3.8) is 0 Å². The van der Waals surface area contributed by atoms with E-state index in [1.165, 1.54) is 16.9 Å². The number of morpholine rings is 1. The Balaban J connectivity index is 1.52. The lowest BCUT2D eigenvalue weighted by Gasteiger charge is -2.27. The third kappa shape index (κ3) is 7.26. The molecule has 0 radical (unpaired) electrons. The monoisotopic (exact) mass is 502 g/mol. The second-order valence-corrected chi connectivity index (χ2v) is 11.1. The van der Waals surface area contributed by atoms with Crippen LogP contribution in [0.4, 0.5) is 10.9 Å². The zero-order valence-corrected chi connectivity index (χ0v) is 21.7. The molecule has 3 aromatic rings. The molecule has 3 heterocycles. The van der Waals surface area contributed by atoms with E-state index in [4.69, 9.17) is 19.7 Å². The van der Waals surface area contributed by atoms with E-state index in [0.29, 0.717) is 29.0 Å². The van der Waals surface area contributed by atoms with Crippen LogP contribution in [-0.4, -0.2) is 70.1 Å². The van der Waals surface area contributed by atoms with Crippen molar-refractivity contribution in [2.45, 2.75) is 43.8 Å². The SMILES string of the molecule is CC(C)C[C@@](C)(O)Nc1nc(SCc2ccccc2)nc2nc(NCCN3CCOCC3)sc12. The average Bonchev–Trinajstić information content (AvgIpc) is 3.21. The van der Waals surface area contributed by atoms with Crippen LogP contribution >= 0.6 is 23.1 Å². The fraction of sp³-hybridized carbons (Fsp3) is 0.542. The first-order valence-electron chi connectivity index (χ1n) is 11.8. The Hall–Kier alpha value is -1.98. The van der Waals surface area contributed by atoms with Crippen molar-refractivity contribution in [1.29, 1.82) is 0 Å². The predicted octanol–water partition coefficient (Wildman–Crippen LogP) is 4.29. The predicted molar refractivity (Wildman–Crippen MR) is 141 cm³/mol. The highest BCUT2D eigenvalue weighted by molar-refractivity contribution is 7.98. The summed E-state index contributed by atoms with van der Waals surface area (Å²) in [6.07, 6.45) is 0.606. The summed E-state index contributed by atoms with van der Waals surface area (Å²) < 4.78 is 6.27. The summed E-state index contributed by atoms with van der Waals surface area (Å²) in [5, 5.41) is 19.1. The summed E-state index contributed by atoms with van der Waals surface area (Å²) in [6, 6.07) is 10.3. The molecule has 1 saturated heterocycles. The molecule has 0 saturated carbocycles. The van der Waals surface area contributed by atoms with Crippen LogP contribution in [0.3, 0.4) is 0 Å². The Morgan fingerprint density at radius 1 is 1.18 bits per heavy atom. The molecule has 1 atom stereocenters. The summed E-state index contributed by atoms with van der Waals surface area (Å²) in [5.74, 6) is 1.73. The fourth-order valence-electron chi connectivity index (χ4n) is 4.00. The molecule has 2 aromatic heterocycles. The first-order valence-corrected chi connectivity index (χ1v) is 13.6. The van der Waals surface area contributed by atoms with Crippen LogP contribution in [0.5, 0.6) is 0 Å². The molecule has 1 aromatic carbocycles. The number of fused-ring (bicyclic) bond motifs is 1. The highest BCUT2D eigenvalue weighted by atomic mass is 32.2. The van der Waals surface area contributed by atoms with Crippen LogP contribution in [-0.2, 0) is 10.5 Å². The zero-order valence-electron chi connectivity index (χ0n) is 20.1. The Bertz CT molecular complexity index is 1050. The van der Waals surface area contributed by atoms with Gasteiger partial charge in [0.2, 0.25) is 0 Å². The van der Waals surface area contributed by atoms with Crippen LogP contribution in [0.2, 0.25) is 0 Å². The Morgan fingerprint density at radius 2 is 1.94 bits per heavy atom. The van der Waals surface area contributed by atoms with Gasteiger partial charge in [0.1, 0.15) is 10.4 Å². The van der Waals surface area contributed by atoms with E-state index in [1.807, 2.05) is 18.2 Å². The maximum atomic E-state index is 11.0. The minimum atomic E-state index is -1.08. The van der Waals surface area contributed by atoms with Crippen molar-refractivity contribution in [1.82, 2.24) is 19.9 Å². The second kappa shape index (κ2) is 11.6. The summed E-state index contributed by atoms with van der Waals surface area (Å²) in [4.78, 5) is 16.6. The van der Waals surface area contributed by atoms with Gasteiger partial charge in [-0.2, -0.15) is 4.98 Å². The number of hydrogen-bond acceptors (Lipinski definition) is 10. The highest BCUT2D eigenvalue weighted by Gasteiger charge is 2.25. The van der Waals surface area contributed by atoms with Crippen LogP contribution in [0, 0.1) is 5.92 Å². The van der Waals surface area contributed by atoms with E-state index in [-0.39, 0.29) is 0 Å². The van der Waals surface area contributed by atoms with E-state index >= 15 is 0 Å². The van der Waals surface area contributed by atoms with Gasteiger partial charge < -0.3 is 20.5 Å². The van der Waals surface area contributed by atoms with E-state index in [9.17, 15) is 5.11 Å². The van der Waals surface area contributed by atoms with Gasteiger partial charge in [-0.15, -0.1) is 0 Å². The first-order chi connectivity index (χ1) is 16.4. The molecule has 10 heteroatoms. The lowest BCUT2D eigenvalue weighted by molar-refractivity contribution is 0.0398. The molecule has 1 aliphatic heterocycles. The lowest BCUT2D eigenvalue weighted by Crippen LogP contribution is -2.38. The van der Waals surface area contributed by atoms with E-state index in [0.717, 1.165) is 55.0 Å². The number of aromatic nitrogens is 3. The van der Waals surface area contributed by atoms with E-state index < -0.39 is 5.72 Å². The molecule has 0 aliphatic carbocycles. The highest BCUT2D eigenvalue weighted by Crippen LogP contribution is 2.34. The van der Waals surface area contributed by atoms with Gasteiger partial charge in [-0.05, 0) is 24.8 Å². The largest absolute Gasteiger partial charge is 0.379 e. The molecule has 8 nitrogen and oxygen atoms in total. The quantitative estimate of drug-likeness (QED) is 0.202. The minimum absolute atomic E-state index is 0.339. The standard InChI is InChI=1S/C24H34N6O2S2/c1-17(2)15-24(3,31)29-21-19-20(27-23(28-21)33-16-18-7-5-4-6-8-18)26-22(34-19)25-9-10-30-11-13-32-14-12-30/h4-8,17,31H,9-16H2,1-3H3,(H2,25,26,27,28,29)/t24-/m1/s1. The van der Waals surface area contributed by atoms with E-state index in [1.54, 1.807) is 18.7 Å². The lowest BCUT2D eigenvalue weighted by atomic mass is 10.0. The van der Waals surface area contributed by atoms with Gasteiger partial charge in [0.25, 0.3) is 0 Å². The summed E-state index contributed by atoms with van der Waals surface area (Å²) >= 11 is 3.09. The van der Waals surface area contributed by atoms with Crippen LogP contribution < -0.4 is 10.6 Å². The topological polar surface area (TPSA) is 95.4 Å². The maximum absolute atomic E-state index is 11.0. The Morgan fingerprint density at radius 3 is 2.68 bits per heavy atom. The molecular formula is C24H34N6O2S2. The van der Waals surface area contributed by atoms with Crippen LogP contribution in [0.15, 0.2) is 35.5 Å². The number of nitrogens with one attached hydrogen (secondary N) is 2. The van der Waals surface area contributed by atoms with Gasteiger partial charge in [0, 0.05) is 31.9 Å². The molecule has 34 heavy (non-hydrogen) atoms. The molecule has 3 N–H and O–H groups in total. The van der Waals surface area contributed by atoms with Gasteiger partial charge in [-0.3, -0.25) is 4.90 Å². The minimum Gasteiger partial charge on any atom is -0.379 e. The number of benzene rings is 1. The van der Waals surface area contributed by atoms with Gasteiger partial charge in [-0.25, -0.2) is 9.97 Å². The average molecular weight is 503 g/mol. The van der Waals surface area contributed by atoms with Crippen molar-refractivity contribution >= 4 is 44.4 Å². The molecule has 4 rings (SSSR count). The number of ether oxygens (including phenoxy) is 1. The number of aliphatic hydroxyl groups is 1. The van der Waals surface area contributed by atoms with Crippen molar-refractivity contribution in [2.75, 3.05) is 50.0 Å². The molecule has 1 aliphatic rings. The second-order valence-electron chi connectivity index (χ2n) is 9.18. The zero-order chi connectivity index (χ0) is 24.0. The third-order valence-electron chi connectivity index (χ3n) is 5.45. The third-order valence-corrected chi connectivity index (χ3v) is 7.37. The number of hydrogen-bond donors (Lipinski definition) is 3. The molecule has 184 valence electrons. The van der Waals surface area contributed by atoms with Crippen molar-refractivity contribution < 1.29 is 9.84 Å². The smallest absolute Gasteiger partial charge is 0.191 e. The summed E-state index contributed by atoms with van der Waals surface area (Å²) in [7, 11) is 0. The van der Waals surface area contributed by atoms with Crippen molar-refractivity contribution in [3.8, 4) is 0 Å². The molecule has 0 unspecified atom stereocenters. The Kier molecular flexibility index (Phi) is 8.60. The van der Waals surface area contributed by atoms with Crippen LogP contribution in [0.1, 0.15) is 32.8 Å². The van der Waals surface area contributed by atoms with Gasteiger partial charge in [0.05, 0.1) is 13.2 Å². The molecule has 0 bridgehead atoms. The van der Waals surface area contributed by atoms with E-state index in [2.05, 4.69) is 41.5 Å². The molecule has 1 fully saturated rings. The van der Waals surface area contributed by atoms with Gasteiger partial charge in [-0.1, -0.05) is 67.3 Å². The summed E-state index contributed by atoms with van der Waals surface area (Å²) in [6.45, 7) is 11.2. The van der Waals surface area contributed by atoms with Gasteiger partial charge >= 0.3 is 0 Å². The first kappa shape index (κ1) is 25.1. The van der Waals surface area contributed by atoms with Crippen molar-refractivity contribution in [2.24, 2.45) is 5.92 Å². The molecular weight excluding hydrogens is 468 g/mol. The molecule has 0 spiro atoms. The number of nitrogens with zero attached hydrogens (tertiary/aromatic N) is 4. The molecule has 0 amide bonds. The number of anilines is 2. The summed E-state index contributed by atoms with van der Waals surface area (Å²) in [5.41, 5.74) is 0.776. The maximum Gasteiger partial charge on any atom is 0.191 e. The number of rotatable bonds is 11. The van der Waals surface area contributed by atoms with Crippen LogP contribution in [0.25, 0.3) is 10.3 Å². The number of thioether (sulfide) groups is 1.